The molecule has 0 saturated heterocycles. The van der Waals surface area contributed by atoms with Crippen LogP contribution in [0.3, 0.4) is 0 Å². The number of aliphatic hydroxyl groups excluding tert-OH is 1. The molecule has 9 heteroatoms. The van der Waals surface area contributed by atoms with Crippen LogP contribution in [-0.4, -0.2) is 39.7 Å². The fourth-order valence-electron chi connectivity index (χ4n) is 2.16. The van der Waals surface area contributed by atoms with Crippen LogP contribution in [0.2, 0.25) is 0 Å². The minimum absolute atomic E-state index is 0.0712. The van der Waals surface area contributed by atoms with Crippen molar-refractivity contribution in [2.45, 2.75) is 11.3 Å². The lowest BCUT2D eigenvalue weighted by atomic mass is 10.2. The number of methoxy groups -OCH3 is 1. The largest absolute Gasteiger partial charge is 0.495 e. The number of rotatable bonds is 8. The lowest BCUT2D eigenvalue weighted by molar-refractivity contribution is 0.102. The molecule has 0 bridgehead atoms. The Morgan fingerprint density at radius 2 is 1.96 bits per heavy atom. The van der Waals surface area contributed by atoms with Crippen LogP contribution in [0.1, 0.15) is 16.8 Å². The Morgan fingerprint density at radius 3 is 2.62 bits per heavy atom. The number of carbonyl (C=O) groups excluding carboxylic acids is 1. The molecule has 0 saturated carbocycles. The maximum absolute atomic E-state index is 13.7. The number of benzene rings is 2. The van der Waals surface area contributed by atoms with Gasteiger partial charge in [-0.05, 0) is 36.8 Å². The van der Waals surface area contributed by atoms with Gasteiger partial charge in [-0.3, -0.25) is 4.79 Å². The van der Waals surface area contributed by atoms with Crippen molar-refractivity contribution in [2.24, 2.45) is 0 Å². The molecule has 2 aromatic rings. The number of halogens is 1. The van der Waals surface area contributed by atoms with Gasteiger partial charge in [0.15, 0.2) is 0 Å². The minimum atomic E-state index is -3.83. The summed E-state index contributed by atoms with van der Waals surface area (Å²) in [5.74, 6) is -1.20. The van der Waals surface area contributed by atoms with Gasteiger partial charge in [0.05, 0.1) is 23.3 Å². The molecule has 0 heterocycles. The van der Waals surface area contributed by atoms with E-state index in [0.29, 0.717) is 0 Å². The van der Waals surface area contributed by atoms with Crippen molar-refractivity contribution >= 4 is 21.6 Å². The van der Waals surface area contributed by atoms with Crippen LogP contribution >= 0.6 is 0 Å². The average Bonchev–Trinajstić information content (AvgIpc) is 2.62. The van der Waals surface area contributed by atoms with E-state index in [1.165, 1.54) is 43.5 Å². The van der Waals surface area contributed by atoms with E-state index in [1.54, 1.807) is 0 Å². The zero-order valence-corrected chi connectivity index (χ0v) is 14.8. The Kier molecular flexibility index (Phi) is 6.67. The van der Waals surface area contributed by atoms with Crippen LogP contribution in [0.15, 0.2) is 47.4 Å². The van der Waals surface area contributed by atoms with Crippen molar-refractivity contribution in [3.63, 3.8) is 0 Å². The van der Waals surface area contributed by atoms with Crippen LogP contribution in [0.4, 0.5) is 10.1 Å². The molecule has 0 fully saturated rings. The molecular formula is C17H19FN2O5S. The Balaban J connectivity index is 2.30. The standard InChI is InChI=1S/C17H19FN2O5S/c1-25-16-8-7-12(26(23,24)19-9-4-10-21)11-15(16)20-17(22)13-5-2-3-6-14(13)18/h2-3,5-8,11,19,21H,4,9-10H2,1H3,(H,20,22). The topological polar surface area (TPSA) is 105 Å². The SMILES string of the molecule is COc1ccc(S(=O)(=O)NCCCO)cc1NC(=O)c1ccccc1F. The molecule has 0 aliphatic rings. The highest BCUT2D eigenvalue weighted by Gasteiger charge is 2.18. The van der Waals surface area contributed by atoms with Gasteiger partial charge >= 0.3 is 0 Å². The zero-order valence-electron chi connectivity index (χ0n) is 14.0. The highest BCUT2D eigenvalue weighted by atomic mass is 32.2. The van der Waals surface area contributed by atoms with E-state index >= 15 is 0 Å². The number of nitrogens with one attached hydrogen (secondary N) is 2. The number of hydrogen-bond acceptors (Lipinski definition) is 5. The predicted molar refractivity (Wildman–Crippen MR) is 94.2 cm³/mol. The Bertz CT molecular complexity index is 886. The first-order chi connectivity index (χ1) is 12.4. The summed E-state index contributed by atoms with van der Waals surface area (Å²) >= 11 is 0. The van der Waals surface area contributed by atoms with Crippen molar-refractivity contribution in [2.75, 3.05) is 25.6 Å². The second-order valence-electron chi connectivity index (χ2n) is 5.27. The molecule has 0 unspecified atom stereocenters. The molecule has 0 radical (unpaired) electrons. The van der Waals surface area contributed by atoms with Crippen molar-refractivity contribution in [3.05, 3.63) is 53.8 Å². The molecule has 0 atom stereocenters. The van der Waals surface area contributed by atoms with Crippen LogP contribution in [-0.2, 0) is 10.0 Å². The molecule has 3 N–H and O–H groups in total. The summed E-state index contributed by atoms with van der Waals surface area (Å²) in [5, 5.41) is 11.2. The van der Waals surface area contributed by atoms with Gasteiger partial charge in [-0.2, -0.15) is 0 Å². The average molecular weight is 382 g/mol. The molecule has 26 heavy (non-hydrogen) atoms. The van der Waals surface area contributed by atoms with Crippen molar-refractivity contribution in [3.8, 4) is 5.75 Å². The molecule has 7 nitrogen and oxygen atoms in total. The van der Waals surface area contributed by atoms with Crippen molar-refractivity contribution in [1.82, 2.24) is 4.72 Å². The second kappa shape index (κ2) is 8.75. The first kappa shape index (κ1) is 19.8. The van der Waals surface area contributed by atoms with Gasteiger partial charge in [0.25, 0.3) is 5.91 Å². The maximum Gasteiger partial charge on any atom is 0.258 e. The van der Waals surface area contributed by atoms with Gasteiger partial charge in [0, 0.05) is 13.2 Å². The molecule has 0 spiro atoms. The van der Waals surface area contributed by atoms with Gasteiger partial charge in [-0.15, -0.1) is 0 Å². The van der Waals surface area contributed by atoms with Gasteiger partial charge in [0.1, 0.15) is 11.6 Å². The van der Waals surface area contributed by atoms with Gasteiger partial charge in [-0.25, -0.2) is 17.5 Å². The number of carbonyl (C=O) groups is 1. The highest BCUT2D eigenvalue weighted by Crippen LogP contribution is 2.28. The third-order valence-corrected chi connectivity index (χ3v) is 4.93. The number of hydrogen-bond donors (Lipinski definition) is 3. The van der Waals surface area contributed by atoms with E-state index in [0.717, 1.165) is 6.07 Å². The van der Waals surface area contributed by atoms with Crippen molar-refractivity contribution < 1.29 is 27.4 Å². The molecule has 1 amide bonds. The quantitative estimate of drug-likeness (QED) is 0.604. The number of aliphatic hydroxyl groups is 1. The van der Waals surface area contributed by atoms with Crippen LogP contribution in [0.5, 0.6) is 5.75 Å². The van der Waals surface area contributed by atoms with Crippen LogP contribution in [0.25, 0.3) is 0 Å². The van der Waals surface area contributed by atoms with Crippen LogP contribution < -0.4 is 14.8 Å². The second-order valence-corrected chi connectivity index (χ2v) is 7.04. The normalized spacial score (nSPS) is 11.2. The predicted octanol–water partition coefficient (Wildman–Crippen LogP) is 1.75. The summed E-state index contributed by atoms with van der Waals surface area (Å²) in [7, 11) is -2.47. The first-order valence-electron chi connectivity index (χ1n) is 7.73. The van der Waals surface area contributed by atoms with Crippen LogP contribution in [0, 0.1) is 5.82 Å². The molecule has 0 aliphatic carbocycles. The molecular weight excluding hydrogens is 363 g/mol. The summed E-state index contributed by atoms with van der Waals surface area (Å²) in [4.78, 5) is 12.2. The highest BCUT2D eigenvalue weighted by molar-refractivity contribution is 7.89. The van der Waals surface area contributed by atoms with Gasteiger partial charge in [-0.1, -0.05) is 12.1 Å². The van der Waals surface area contributed by atoms with Crippen molar-refractivity contribution in [1.29, 1.82) is 0 Å². The fraction of sp³-hybridized carbons (Fsp3) is 0.235. The Hall–Kier alpha value is -2.49. The minimum Gasteiger partial charge on any atom is -0.495 e. The van der Waals surface area contributed by atoms with E-state index < -0.39 is 21.7 Å². The van der Waals surface area contributed by atoms with E-state index in [1.807, 2.05) is 0 Å². The lowest BCUT2D eigenvalue weighted by Gasteiger charge is -2.13. The van der Waals surface area contributed by atoms with E-state index in [4.69, 9.17) is 9.84 Å². The smallest absolute Gasteiger partial charge is 0.258 e. The molecule has 0 aromatic heterocycles. The Labute approximate surface area is 150 Å². The summed E-state index contributed by atoms with van der Waals surface area (Å²) in [6.45, 7) is -0.0726. The number of sulfonamides is 1. The van der Waals surface area contributed by atoms with E-state index in [9.17, 15) is 17.6 Å². The number of ether oxygens (including phenoxy) is 1. The Morgan fingerprint density at radius 1 is 1.23 bits per heavy atom. The van der Waals surface area contributed by atoms with E-state index in [2.05, 4.69) is 10.0 Å². The monoisotopic (exact) mass is 382 g/mol. The molecule has 2 aromatic carbocycles. The summed E-state index contributed by atoms with van der Waals surface area (Å²) in [6, 6.07) is 9.36. The summed E-state index contributed by atoms with van der Waals surface area (Å²) < 4.78 is 45.7. The third kappa shape index (κ3) is 4.78. The van der Waals surface area contributed by atoms with Gasteiger partial charge < -0.3 is 15.2 Å². The number of amides is 1. The fourth-order valence-corrected chi connectivity index (χ4v) is 3.26. The summed E-state index contributed by atoms with van der Waals surface area (Å²) in [6.07, 6.45) is 0.270. The molecule has 140 valence electrons. The lowest BCUT2D eigenvalue weighted by Crippen LogP contribution is -2.25. The molecule has 0 aliphatic heterocycles. The third-order valence-electron chi connectivity index (χ3n) is 3.47. The maximum atomic E-state index is 13.7. The van der Waals surface area contributed by atoms with Gasteiger partial charge in [0.2, 0.25) is 10.0 Å². The zero-order chi connectivity index (χ0) is 19.2. The number of anilines is 1. The van der Waals surface area contributed by atoms with E-state index in [-0.39, 0.29) is 41.5 Å². The summed E-state index contributed by atoms with van der Waals surface area (Å²) in [5.41, 5.74) is -0.0883. The molecule has 2 rings (SSSR count). The first-order valence-corrected chi connectivity index (χ1v) is 9.22.